The van der Waals surface area contributed by atoms with Gasteiger partial charge in [-0.05, 0) is 41.0 Å². The summed E-state index contributed by atoms with van der Waals surface area (Å²) >= 11 is 0. The molecule has 18 heavy (non-hydrogen) atoms. The second-order valence-corrected chi connectivity index (χ2v) is 4.09. The Hall–Kier alpha value is -2.20. The van der Waals surface area contributed by atoms with Gasteiger partial charge in [0.15, 0.2) is 0 Å². The number of hydrogen-bond acceptors (Lipinski definition) is 2. The van der Waals surface area contributed by atoms with Crippen LogP contribution in [0.15, 0.2) is 42.7 Å². The summed E-state index contributed by atoms with van der Waals surface area (Å²) in [7, 11) is 0. The third-order valence-corrected chi connectivity index (χ3v) is 2.97. The largest absolute Gasteiger partial charge is 0.392 e. The van der Waals surface area contributed by atoms with Gasteiger partial charge in [-0.2, -0.15) is 0 Å². The zero-order chi connectivity index (χ0) is 12.5. The van der Waals surface area contributed by atoms with E-state index in [0.29, 0.717) is 11.1 Å². The van der Waals surface area contributed by atoms with Crippen molar-refractivity contribution in [3.8, 4) is 11.1 Å². The SMILES string of the molecule is OCc1ccc(F)cc1-c1ccc2[nH]cnc2c1. The minimum atomic E-state index is -0.315. The molecule has 0 radical (unpaired) electrons. The van der Waals surface area contributed by atoms with Gasteiger partial charge in [0.05, 0.1) is 24.0 Å². The van der Waals surface area contributed by atoms with Crippen molar-refractivity contribution in [3.63, 3.8) is 0 Å². The molecule has 3 rings (SSSR count). The van der Waals surface area contributed by atoms with Crippen LogP contribution in [0, 0.1) is 5.82 Å². The lowest BCUT2D eigenvalue weighted by Crippen LogP contribution is -1.91. The highest BCUT2D eigenvalue weighted by Gasteiger charge is 2.07. The topological polar surface area (TPSA) is 48.9 Å². The van der Waals surface area contributed by atoms with Crippen molar-refractivity contribution in [2.75, 3.05) is 0 Å². The minimum Gasteiger partial charge on any atom is -0.392 e. The number of imidazole rings is 1. The molecule has 90 valence electrons. The maximum Gasteiger partial charge on any atom is 0.123 e. The van der Waals surface area contributed by atoms with Crippen molar-refractivity contribution in [3.05, 3.63) is 54.1 Å². The molecule has 0 unspecified atom stereocenters. The van der Waals surface area contributed by atoms with Gasteiger partial charge in [0.1, 0.15) is 5.82 Å². The standard InChI is InChI=1S/C14H11FN2O/c15-11-3-1-10(7-18)12(6-11)9-2-4-13-14(5-9)17-8-16-13/h1-6,8,18H,7H2,(H,16,17). The molecule has 0 spiro atoms. The smallest absolute Gasteiger partial charge is 0.123 e. The van der Waals surface area contributed by atoms with Crippen molar-refractivity contribution in [2.45, 2.75) is 6.61 Å². The maximum atomic E-state index is 13.3. The zero-order valence-electron chi connectivity index (χ0n) is 9.52. The first-order chi connectivity index (χ1) is 8.78. The van der Waals surface area contributed by atoms with Crippen molar-refractivity contribution >= 4 is 11.0 Å². The van der Waals surface area contributed by atoms with E-state index >= 15 is 0 Å². The van der Waals surface area contributed by atoms with E-state index < -0.39 is 0 Å². The van der Waals surface area contributed by atoms with E-state index in [2.05, 4.69) is 9.97 Å². The van der Waals surface area contributed by atoms with Crippen LogP contribution < -0.4 is 0 Å². The summed E-state index contributed by atoms with van der Waals surface area (Å²) in [6.45, 7) is -0.117. The van der Waals surface area contributed by atoms with E-state index in [-0.39, 0.29) is 12.4 Å². The molecule has 4 heteroatoms. The molecule has 0 bridgehead atoms. The van der Waals surface area contributed by atoms with Crippen molar-refractivity contribution < 1.29 is 9.50 Å². The Morgan fingerprint density at radius 3 is 2.89 bits per heavy atom. The van der Waals surface area contributed by atoms with Gasteiger partial charge in [-0.3, -0.25) is 0 Å². The van der Waals surface area contributed by atoms with Crippen LogP contribution in [0.1, 0.15) is 5.56 Å². The molecule has 0 saturated carbocycles. The summed E-state index contributed by atoms with van der Waals surface area (Å²) in [6, 6.07) is 10.0. The summed E-state index contributed by atoms with van der Waals surface area (Å²) in [5, 5.41) is 9.30. The van der Waals surface area contributed by atoms with Crippen LogP contribution >= 0.6 is 0 Å². The van der Waals surface area contributed by atoms with E-state index in [0.717, 1.165) is 16.6 Å². The summed E-state index contributed by atoms with van der Waals surface area (Å²) < 4.78 is 13.3. The van der Waals surface area contributed by atoms with Gasteiger partial charge in [0, 0.05) is 0 Å². The highest BCUT2D eigenvalue weighted by Crippen LogP contribution is 2.27. The quantitative estimate of drug-likeness (QED) is 0.726. The van der Waals surface area contributed by atoms with Crippen LogP contribution in [0.2, 0.25) is 0 Å². The van der Waals surface area contributed by atoms with E-state index in [1.54, 1.807) is 12.4 Å². The van der Waals surface area contributed by atoms with Crippen molar-refractivity contribution in [2.24, 2.45) is 0 Å². The number of nitrogens with one attached hydrogen (secondary N) is 1. The monoisotopic (exact) mass is 242 g/mol. The number of rotatable bonds is 2. The van der Waals surface area contributed by atoms with Gasteiger partial charge >= 0.3 is 0 Å². The molecular weight excluding hydrogens is 231 g/mol. The number of benzene rings is 2. The molecule has 2 aromatic carbocycles. The molecule has 2 N–H and O–H groups in total. The highest BCUT2D eigenvalue weighted by atomic mass is 19.1. The summed E-state index contributed by atoms with van der Waals surface area (Å²) in [5.74, 6) is -0.315. The Balaban J connectivity index is 2.21. The van der Waals surface area contributed by atoms with Gasteiger partial charge < -0.3 is 10.1 Å². The molecule has 0 aliphatic rings. The molecule has 0 amide bonds. The average Bonchev–Trinajstić information content (AvgIpc) is 2.85. The number of hydrogen-bond donors (Lipinski definition) is 2. The second kappa shape index (κ2) is 4.23. The Kier molecular flexibility index (Phi) is 2.57. The molecular formula is C14H11FN2O. The molecule has 1 aromatic heterocycles. The number of aromatic nitrogens is 2. The molecule has 3 aromatic rings. The lowest BCUT2D eigenvalue weighted by Gasteiger charge is -2.07. The molecule has 3 nitrogen and oxygen atoms in total. The van der Waals surface area contributed by atoms with Gasteiger partial charge in [-0.15, -0.1) is 0 Å². The molecule has 0 aliphatic heterocycles. The molecule has 0 aliphatic carbocycles. The van der Waals surface area contributed by atoms with Crippen LogP contribution in [-0.4, -0.2) is 15.1 Å². The van der Waals surface area contributed by atoms with Gasteiger partial charge in [0.2, 0.25) is 0 Å². The van der Waals surface area contributed by atoms with E-state index in [1.165, 1.54) is 12.1 Å². The Morgan fingerprint density at radius 1 is 1.17 bits per heavy atom. The number of nitrogens with zero attached hydrogens (tertiary/aromatic N) is 1. The lowest BCUT2D eigenvalue weighted by molar-refractivity contribution is 0.282. The number of aliphatic hydroxyl groups is 1. The molecule has 1 heterocycles. The van der Waals surface area contributed by atoms with E-state index in [1.807, 2.05) is 18.2 Å². The Labute approximate surface area is 103 Å². The predicted octanol–water partition coefficient (Wildman–Crippen LogP) is 2.86. The maximum absolute atomic E-state index is 13.3. The first-order valence-corrected chi connectivity index (χ1v) is 5.61. The van der Waals surface area contributed by atoms with Crippen molar-refractivity contribution in [1.82, 2.24) is 9.97 Å². The summed E-state index contributed by atoms with van der Waals surface area (Å²) in [6.07, 6.45) is 1.62. The fourth-order valence-corrected chi connectivity index (χ4v) is 2.05. The van der Waals surface area contributed by atoms with Gasteiger partial charge in [-0.25, -0.2) is 9.37 Å². The van der Waals surface area contributed by atoms with Crippen LogP contribution in [0.3, 0.4) is 0 Å². The number of fused-ring (bicyclic) bond motifs is 1. The van der Waals surface area contributed by atoms with Crippen LogP contribution in [0.25, 0.3) is 22.2 Å². The lowest BCUT2D eigenvalue weighted by atomic mass is 9.99. The fourth-order valence-electron chi connectivity index (χ4n) is 2.05. The number of H-pyrrole nitrogens is 1. The predicted molar refractivity (Wildman–Crippen MR) is 67.4 cm³/mol. The molecule has 0 saturated heterocycles. The van der Waals surface area contributed by atoms with E-state index in [4.69, 9.17) is 0 Å². The first-order valence-electron chi connectivity index (χ1n) is 5.61. The second-order valence-electron chi connectivity index (χ2n) is 4.09. The van der Waals surface area contributed by atoms with Crippen LogP contribution in [-0.2, 0) is 6.61 Å². The number of aromatic amines is 1. The minimum absolute atomic E-state index is 0.117. The first kappa shape index (κ1) is 10.9. The average molecular weight is 242 g/mol. The highest BCUT2D eigenvalue weighted by molar-refractivity contribution is 5.82. The van der Waals surface area contributed by atoms with E-state index in [9.17, 15) is 9.50 Å². The van der Waals surface area contributed by atoms with Crippen LogP contribution in [0.5, 0.6) is 0 Å². The molecule has 0 atom stereocenters. The summed E-state index contributed by atoms with van der Waals surface area (Å²) in [5.41, 5.74) is 3.99. The molecule has 0 fully saturated rings. The number of halogens is 1. The number of aliphatic hydroxyl groups excluding tert-OH is 1. The summed E-state index contributed by atoms with van der Waals surface area (Å²) in [4.78, 5) is 7.17. The van der Waals surface area contributed by atoms with Gasteiger partial charge in [0.25, 0.3) is 0 Å². The third-order valence-electron chi connectivity index (χ3n) is 2.97. The normalized spacial score (nSPS) is 11.0. The Morgan fingerprint density at radius 2 is 2.06 bits per heavy atom. The van der Waals surface area contributed by atoms with Crippen molar-refractivity contribution in [1.29, 1.82) is 0 Å². The van der Waals surface area contributed by atoms with Gasteiger partial charge in [-0.1, -0.05) is 12.1 Å². The van der Waals surface area contributed by atoms with Crippen LogP contribution in [0.4, 0.5) is 4.39 Å². The Bertz CT molecular complexity index is 706. The third kappa shape index (κ3) is 1.76. The fraction of sp³-hybridized carbons (Fsp3) is 0.0714. The zero-order valence-corrected chi connectivity index (χ0v) is 9.52.